The summed E-state index contributed by atoms with van der Waals surface area (Å²) >= 11 is 1.40. The molecule has 3 heterocycles. The lowest BCUT2D eigenvalue weighted by atomic mass is 10.1. The van der Waals surface area contributed by atoms with Crippen molar-refractivity contribution < 1.29 is 13.6 Å². The molecule has 2 saturated heterocycles. The molecule has 4 nitrogen and oxygen atoms in total. The zero-order chi connectivity index (χ0) is 18.6. The normalized spacial score (nSPS) is 18.6. The van der Waals surface area contributed by atoms with Gasteiger partial charge in [0.25, 0.3) is 0 Å². The molecule has 0 amide bonds. The molecule has 2 fully saturated rings. The molecule has 0 spiro atoms. The minimum Gasteiger partial charge on any atom is -0.392 e. The summed E-state index contributed by atoms with van der Waals surface area (Å²) in [7, 11) is 0. The van der Waals surface area contributed by atoms with Gasteiger partial charge in [0.15, 0.2) is 0 Å². The van der Waals surface area contributed by atoms with E-state index in [9.17, 15) is 8.78 Å². The van der Waals surface area contributed by atoms with Gasteiger partial charge in [-0.3, -0.25) is 0 Å². The fourth-order valence-electron chi connectivity index (χ4n) is 3.55. The Labute approximate surface area is 161 Å². The van der Waals surface area contributed by atoms with E-state index in [4.69, 9.17) is 4.84 Å². The van der Waals surface area contributed by atoms with Crippen molar-refractivity contribution in [1.82, 2.24) is 5.32 Å². The number of nitrogens with zero attached hydrogens (tertiary/aromatic N) is 2. The molecule has 0 radical (unpaired) electrons. The molecule has 144 valence electrons. The lowest BCUT2D eigenvalue weighted by Crippen LogP contribution is -2.35. The van der Waals surface area contributed by atoms with Gasteiger partial charge in [0.2, 0.25) is 0 Å². The third-order valence-corrected chi connectivity index (χ3v) is 6.02. The first-order valence-electron chi connectivity index (χ1n) is 9.41. The molecule has 0 saturated carbocycles. The van der Waals surface area contributed by atoms with Crippen molar-refractivity contribution >= 4 is 22.7 Å². The third-order valence-electron chi connectivity index (χ3n) is 5.12. The summed E-state index contributed by atoms with van der Waals surface area (Å²) < 4.78 is 29.1. The van der Waals surface area contributed by atoms with Crippen LogP contribution >= 0.6 is 11.3 Å². The fraction of sp³-hybridized carbons (Fsp3) is 0.450. The number of hydrogen-bond donors (Lipinski definition) is 1. The average molecular weight is 391 g/mol. The highest BCUT2D eigenvalue weighted by Crippen LogP contribution is 2.33. The molecular formula is C20H23F2N3OS. The number of thiophene rings is 1. The first kappa shape index (κ1) is 18.4. The van der Waals surface area contributed by atoms with Crippen LogP contribution in [0.15, 0.2) is 34.8 Å². The largest absolute Gasteiger partial charge is 0.392 e. The zero-order valence-corrected chi connectivity index (χ0v) is 15.9. The van der Waals surface area contributed by atoms with Gasteiger partial charge in [-0.25, -0.2) is 8.78 Å². The molecule has 1 aromatic heterocycles. The van der Waals surface area contributed by atoms with Gasteiger partial charge in [-0.05, 0) is 43.4 Å². The zero-order valence-electron chi connectivity index (χ0n) is 15.1. The van der Waals surface area contributed by atoms with Crippen LogP contribution in [0.2, 0.25) is 0 Å². The number of halogens is 2. The summed E-state index contributed by atoms with van der Waals surface area (Å²) in [5.41, 5.74) is 1.65. The predicted octanol–water partition coefficient (Wildman–Crippen LogP) is 4.42. The maximum Gasteiger partial charge on any atom is 0.147 e. The van der Waals surface area contributed by atoms with Crippen molar-refractivity contribution in [2.45, 2.75) is 31.8 Å². The molecule has 27 heavy (non-hydrogen) atoms. The molecule has 2 aromatic rings. The lowest BCUT2D eigenvalue weighted by Gasteiger charge is -2.30. The second kappa shape index (κ2) is 8.35. The molecule has 0 unspecified atom stereocenters. The Morgan fingerprint density at radius 2 is 1.89 bits per heavy atom. The van der Waals surface area contributed by atoms with Gasteiger partial charge in [0.05, 0.1) is 11.4 Å². The van der Waals surface area contributed by atoms with Crippen molar-refractivity contribution in [2.24, 2.45) is 5.16 Å². The Balaban J connectivity index is 1.40. The number of piperidine rings is 2. The monoisotopic (exact) mass is 391 g/mol. The Bertz CT molecular complexity index is 794. The van der Waals surface area contributed by atoms with E-state index in [1.807, 2.05) is 16.3 Å². The molecule has 7 heteroatoms. The van der Waals surface area contributed by atoms with Gasteiger partial charge >= 0.3 is 0 Å². The molecular weight excluding hydrogens is 368 g/mol. The number of anilines is 1. The Morgan fingerprint density at radius 3 is 2.59 bits per heavy atom. The Hall–Kier alpha value is -1.99. The van der Waals surface area contributed by atoms with E-state index < -0.39 is 0 Å². The summed E-state index contributed by atoms with van der Waals surface area (Å²) in [5.74, 6) is -0.770. The molecule has 2 aliphatic rings. The number of hydrogen-bond acceptors (Lipinski definition) is 5. The van der Waals surface area contributed by atoms with Crippen molar-refractivity contribution in [3.8, 4) is 10.4 Å². The van der Waals surface area contributed by atoms with Gasteiger partial charge < -0.3 is 15.1 Å². The van der Waals surface area contributed by atoms with E-state index in [0.717, 1.165) is 36.5 Å². The van der Waals surface area contributed by atoms with Crippen LogP contribution in [0.25, 0.3) is 10.4 Å². The highest BCUT2D eigenvalue weighted by molar-refractivity contribution is 7.13. The summed E-state index contributed by atoms with van der Waals surface area (Å²) in [6.45, 7) is 3.16. The van der Waals surface area contributed by atoms with E-state index in [2.05, 4.69) is 10.5 Å². The molecule has 1 N–H and O–H groups in total. The van der Waals surface area contributed by atoms with Crippen LogP contribution < -0.4 is 10.2 Å². The molecule has 0 bridgehead atoms. The summed E-state index contributed by atoms with van der Waals surface area (Å²) in [6, 6.07) is 6.26. The minimum atomic E-state index is -0.387. The summed E-state index contributed by atoms with van der Waals surface area (Å²) in [4.78, 5) is 8.29. The highest BCUT2D eigenvalue weighted by atomic mass is 32.1. The maximum absolute atomic E-state index is 14.6. The van der Waals surface area contributed by atoms with Crippen LogP contribution in [0.5, 0.6) is 0 Å². The smallest absolute Gasteiger partial charge is 0.147 e. The van der Waals surface area contributed by atoms with Gasteiger partial charge in [-0.1, -0.05) is 11.2 Å². The Kier molecular flexibility index (Phi) is 5.69. The third kappa shape index (κ3) is 4.30. The van der Waals surface area contributed by atoms with Crippen LogP contribution in [0.1, 0.15) is 25.7 Å². The average Bonchev–Trinajstić information content (AvgIpc) is 3.24. The van der Waals surface area contributed by atoms with Crippen molar-refractivity contribution in [3.05, 3.63) is 41.3 Å². The van der Waals surface area contributed by atoms with E-state index in [1.165, 1.54) is 23.5 Å². The first-order chi connectivity index (χ1) is 13.2. The summed E-state index contributed by atoms with van der Waals surface area (Å²) in [6.07, 6.45) is 3.55. The lowest BCUT2D eigenvalue weighted by molar-refractivity contribution is 0.0368. The SMILES string of the molecule is Fc1cc(N2CCC(=NOC3CCNCC3)CC2)c(F)cc1-c1cccs1. The number of benzene rings is 1. The molecule has 2 aliphatic heterocycles. The molecule has 1 aromatic carbocycles. The van der Waals surface area contributed by atoms with Crippen molar-refractivity contribution in [2.75, 3.05) is 31.1 Å². The van der Waals surface area contributed by atoms with Crippen molar-refractivity contribution in [1.29, 1.82) is 0 Å². The van der Waals surface area contributed by atoms with Crippen LogP contribution in [0.4, 0.5) is 14.5 Å². The second-order valence-electron chi connectivity index (χ2n) is 6.96. The topological polar surface area (TPSA) is 36.9 Å². The van der Waals surface area contributed by atoms with Crippen LogP contribution in [0.3, 0.4) is 0 Å². The summed E-state index contributed by atoms with van der Waals surface area (Å²) in [5, 5.41) is 9.48. The number of nitrogens with one attached hydrogen (secondary N) is 1. The second-order valence-corrected chi connectivity index (χ2v) is 7.91. The quantitative estimate of drug-likeness (QED) is 0.784. The van der Waals surface area contributed by atoms with E-state index in [-0.39, 0.29) is 17.7 Å². The Morgan fingerprint density at radius 1 is 1.11 bits per heavy atom. The standard InChI is InChI=1S/C20H23F2N3OS/c21-17-13-19(18(22)12-16(17)20-2-1-11-27-20)25-9-5-14(6-10-25)24-26-15-3-7-23-8-4-15/h1-2,11-13,15,23H,3-10H2. The molecule has 0 atom stereocenters. The highest BCUT2D eigenvalue weighted by Gasteiger charge is 2.22. The van der Waals surface area contributed by atoms with E-state index in [0.29, 0.717) is 37.2 Å². The fourth-order valence-corrected chi connectivity index (χ4v) is 4.29. The van der Waals surface area contributed by atoms with E-state index in [1.54, 1.807) is 6.07 Å². The van der Waals surface area contributed by atoms with Crippen LogP contribution in [0, 0.1) is 11.6 Å². The number of rotatable bonds is 4. The molecule has 0 aliphatic carbocycles. The van der Waals surface area contributed by atoms with Gasteiger partial charge in [-0.15, -0.1) is 11.3 Å². The predicted molar refractivity (Wildman–Crippen MR) is 106 cm³/mol. The van der Waals surface area contributed by atoms with Gasteiger partial charge in [0.1, 0.15) is 17.7 Å². The first-order valence-corrected chi connectivity index (χ1v) is 10.3. The van der Waals surface area contributed by atoms with E-state index >= 15 is 0 Å². The van der Waals surface area contributed by atoms with Crippen molar-refractivity contribution in [3.63, 3.8) is 0 Å². The van der Waals surface area contributed by atoms with Crippen LogP contribution in [-0.2, 0) is 4.84 Å². The van der Waals surface area contributed by atoms with Crippen LogP contribution in [-0.4, -0.2) is 38.0 Å². The maximum atomic E-state index is 14.6. The van der Waals surface area contributed by atoms with Gasteiger partial charge in [-0.2, -0.15) is 0 Å². The molecule has 4 rings (SSSR count). The number of oxime groups is 1. The van der Waals surface area contributed by atoms with Gasteiger partial charge in [0, 0.05) is 42.4 Å². The minimum absolute atomic E-state index is 0.188.